The van der Waals surface area contributed by atoms with Gasteiger partial charge in [0.1, 0.15) is 5.75 Å². The second kappa shape index (κ2) is 5.98. The topological polar surface area (TPSA) is 26.3 Å². The Morgan fingerprint density at radius 3 is 2.71 bits per heavy atom. The van der Waals surface area contributed by atoms with Crippen LogP contribution in [0.15, 0.2) is 30.3 Å². The zero-order chi connectivity index (χ0) is 10.4. The summed E-state index contributed by atoms with van der Waals surface area (Å²) in [5.74, 6) is 0.374. The van der Waals surface area contributed by atoms with Gasteiger partial charge in [-0.15, -0.1) is 11.7 Å². The van der Waals surface area contributed by atoms with Crippen LogP contribution in [-0.4, -0.2) is 11.2 Å². The van der Waals surface area contributed by atoms with Gasteiger partial charge in [0.15, 0.2) is 0 Å². The van der Waals surface area contributed by atoms with Crippen LogP contribution in [0.5, 0.6) is 5.75 Å². The number of carbonyl (C=O) groups excluding carboxylic acids is 1. The maximum Gasteiger partial charge on any atom is 0.312 e. The number of para-hydroxylation sites is 1. The molecule has 0 aliphatic rings. The van der Waals surface area contributed by atoms with Gasteiger partial charge in [-0.2, -0.15) is 0 Å². The fraction of sp³-hybridized carbons (Fsp3) is 0.300. The summed E-state index contributed by atoms with van der Waals surface area (Å²) < 4.78 is 5.10. The van der Waals surface area contributed by atoms with Crippen molar-refractivity contribution < 1.29 is 9.53 Å². The molecule has 0 bridgehead atoms. The molecule has 0 saturated carbocycles. The molecule has 0 aromatic heterocycles. The highest BCUT2D eigenvalue weighted by atomic mass is 33.1. The van der Waals surface area contributed by atoms with Crippen molar-refractivity contribution in [3.05, 3.63) is 30.3 Å². The van der Waals surface area contributed by atoms with Gasteiger partial charge in [-0.3, -0.25) is 4.79 Å². The minimum absolute atomic E-state index is 0.176. The molecule has 1 aromatic rings. The summed E-state index contributed by atoms with van der Waals surface area (Å²) in [7, 11) is 1.36. The summed E-state index contributed by atoms with van der Waals surface area (Å²) in [6, 6.07) is 9.06. The van der Waals surface area contributed by atoms with Gasteiger partial charge in [0.2, 0.25) is 0 Å². The fourth-order valence-corrected chi connectivity index (χ4v) is 1.37. The molecule has 1 rings (SSSR count). The standard InChI is InChI=1S/C10H12O2S2/c1-8(14-13)7-10(11)12-9-5-3-2-4-6-9/h2-6,8,13H,7H2,1H3. The third-order valence-electron chi connectivity index (χ3n) is 1.61. The Balaban J connectivity index is 2.42. The van der Waals surface area contributed by atoms with Crippen molar-refractivity contribution in [2.45, 2.75) is 18.6 Å². The lowest BCUT2D eigenvalue weighted by atomic mass is 10.3. The van der Waals surface area contributed by atoms with Crippen LogP contribution in [0.1, 0.15) is 13.3 Å². The van der Waals surface area contributed by atoms with Gasteiger partial charge in [-0.1, -0.05) is 35.9 Å². The molecular formula is C10H12O2S2. The van der Waals surface area contributed by atoms with E-state index in [-0.39, 0.29) is 11.2 Å². The van der Waals surface area contributed by atoms with Crippen molar-refractivity contribution in [2.24, 2.45) is 0 Å². The maximum atomic E-state index is 11.3. The van der Waals surface area contributed by atoms with Crippen LogP contribution >= 0.6 is 22.5 Å². The Bertz CT molecular complexity index is 287. The zero-order valence-electron chi connectivity index (χ0n) is 7.84. The molecule has 0 radical (unpaired) electrons. The van der Waals surface area contributed by atoms with Crippen molar-refractivity contribution in [3.63, 3.8) is 0 Å². The molecule has 1 atom stereocenters. The van der Waals surface area contributed by atoms with Crippen LogP contribution in [0.25, 0.3) is 0 Å². The Kier molecular flexibility index (Phi) is 4.90. The summed E-state index contributed by atoms with van der Waals surface area (Å²) in [4.78, 5) is 11.3. The first-order valence-corrected chi connectivity index (χ1v) is 6.21. The monoisotopic (exact) mass is 228 g/mol. The quantitative estimate of drug-likeness (QED) is 0.371. The molecule has 4 heteroatoms. The van der Waals surface area contributed by atoms with E-state index in [9.17, 15) is 4.79 Å². The number of esters is 1. The molecule has 0 spiro atoms. The van der Waals surface area contributed by atoms with E-state index in [1.165, 1.54) is 10.8 Å². The molecule has 1 unspecified atom stereocenters. The van der Waals surface area contributed by atoms with Crippen molar-refractivity contribution >= 4 is 28.4 Å². The van der Waals surface area contributed by atoms with Crippen molar-refractivity contribution in [1.82, 2.24) is 0 Å². The van der Waals surface area contributed by atoms with Crippen LogP contribution in [-0.2, 0) is 4.79 Å². The van der Waals surface area contributed by atoms with Gasteiger partial charge >= 0.3 is 5.97 Å². The number of ether oxygens (including phenoxy) is 1. The predicted molar refractivity (Wildman–Crippen MR) is 62.7 cm³/mol. The first kappa shape index (κ1) is 11.5. The summed E-state index contributed by atoms with van der Waals surface area (Å²) in [6.45, 7) is 1.93. The van der Waals surface area contributed by atoms with Gasteiger partial charge in [0.25, 0.3) is 0 Å². The summed E-state index contributed by atoms with van der Waals surface area (Å²) in [5, 5.41) is 0.176. The van der Waals surface area contributed by atoms with Gasteiger partial charge in [-0.05, 0) is 12.1 Å². The molecule has 0 aliphatic carbocycles. The second-order valence-corrected chi connectivity index (χ2v) is 4.56. The van der Waals surface area contributed by atoms with E-state index in [1.807, 2.05) is 25.1 Å². The Morgan fingerprint density at radius 2 is 2.14 bits per heavy atom. The van der Waals surface area contributed by atoms with E-state index in [1.54, 1.807) is 12.1 Å². The minimum atomic E-state index is -0.217. The molecule has 0 saturated heterocycles. The van der Waals surface area contributed by atoms with Gasteiger partial charge in [0.05, 0.1) is 6.42 Å². The maximum absolute atomic E-state index is 11.3. The van der Waals surface area contributed by atoms with Crippen molar-refractivity contribution in [3.8, 4) is 5.75 Å². The lowest BCUT2D eigenvalue weighted by molar-refractivity contribution is -0.134. The van der Waals surface area contributed by atoms with E-state index >= 15 is 0 Å². The first-order chi connectivity index (χ1) is 6.72. The zero-order valence-corrected chi connectivity index (χ0v) is 9.55. The SMILES string of the molecule is CC(CC(=O)Oc1ccccc1)SS. The van der Waals surface area contributed by atoms with E-state index in [4.69, 9.17) is 4.74 Å². The molecule has 0 aliphatic heterocycles. The normalized spacial score (nSPS) is 12.1. The van der Waals surface area contributed by atoms with Crippen LogP contribution in [0.4, 0.5) is 0 Å². The van der Waals surface area contributed by atoms with Crippen molar-refractivity contribution in [1.29, 1.82) is 0 Å². The van der Waals surface area contributed by atoms with E-state index in [0.29, 0.717) is 12.2 Å². The Morgan fingerprint density at radius 1 is 1.50 bits per heavy atom. The summed E-state index contributed by atoms with van der Waals surface area (Å²) in [6.07, 6.45) is 0.378. The number of benzene rings is 1. The van der Waals surface area contributed by atoms with Crippen LogP contribution < -0.4 is 4.74 Å². The number of rotatable bonds is 4. The minimum Gasteiger partial charge on any atom is -0.427 e. The molecule has 0 fully saturated rings. The van der Waals surface area contributed by atoms with E-state index in [0.717, 1.165) is 0 Å². The fourth-order valence-electron chi connectivity index (χ4n) is 0.934. The highest BCUT2D eigenvalue weighted by Gasteiger charge is 2.09. The van der Waals surface area contributed by atoms with Crippen LogP contribution in [0.3, 0.4) is 0 Å². The second-order valence-electron chi connectivity index (χ2n) is 2.91. The molecular weight excluding hydrogens is 216 g/mol. The molecule has 0 amide bonds. The van der Waals surface area contributed by atoms with Crippen LogP contribution in [0.2, 0.25) is 0 Å². The number of carbonyl (C=O) groups is 1. The third kappa shape index (κ3) is 4.07. The van der Waals surface area contributed by atoms with Crippen LogP contribution in [0, 0.1) is 0 Å². The highest BCUT2D eigenvalue weighted by Crippen LogP contribution is 2.18. The molecule has 1 aromatic carbocycles. The predicted octanol–water partition coefficient (Wildman–Crippen LogP) is 2.95. The highest BCUT2D eigenvalue weighted by molar-refractivity contribution is 8.68. The number of thiol groups is 1. The summed E-state index contributed by atoms with van der Waals surface area (Å²) in [5.41, 5.74) is 0. The lowest BCUT2D eigenvalue weighted by Gasteiger charge is -2.06. The Labute approximate surface area is 92.8 Å². The molecule has 0 N–H and O–H groups in total. The molecule has 2 nitrogen and oxygen atoms in total. The summed E-state index contributed by atoms with van der Waals surface area (Å²) >= 11 is 4.03. The molecule has 14 heavy (non-hydrogen) atoms. The van der Waals surface area contributed by atoms with E-state index in [2.05, 4.69) is 11.7 Å². The van der Waals surface area contributed by atoms with Gasteiger partial charge < -0.3 is 4.74 Å². The Hall–Kier alpha value is -0.610. The largest absolute Gasteiger partial charge is 0.427 e. The van der Waals surface area contributed by atoms with E-state index < -0.39 is 0 Å². The number of hydrogen-bond donors (Lipinski definition) is 1. The average Bonchev–Trinajstić information content (AvgIpc) is 2.19. The lowest BCUT2D eigenvalue weighted by Crippen LogP contribution is -2.12. The first-order valence-electron chi connectivity index (χ1n) is 4.28. The average molecular weight is 228 g/mol. The van der Waals surface area contributed by atoms with Gasteiger partial charge in [-0.25, -0.2) is 0 Å². The molecule has 76 valence electrons. The molecule has 0 heterocycles. The third-order valence-corrected chi connectivity index (χ3v) is 3.22. The number of hydrogen-bond acceptors (Lipinski definition) is 4. The smallest absolute Gasteiger partial charge is 0.312 e. The van der Waals surface area contributed by atoms with Crippen molar-refractivity contribution in [2.75, 3.05) is 0 Å². The van der Waals surface area contributed by atoms with Gasteiger partial charge in [0, 0.05) is 5.25 Å².